The van der Waals surface area contributed by atoms with Crippen molar-refractivity contribution in [1.82, 2.24) is 9.88 Å². The van der Waals surface area contributed by atoms with Crippen molar-refractivity contribution in [2.75, 3.05) is 13.1 Å². The Balaban J connectivity index is 2.14. The minimum atomic E-state index is -0.914. The molecule has 0 aliphatic carbocycles. The van der Waals surface area contributed by atoms with Crippen molar-refractivity contribution >= 4 is 11.9 Å². The zero-order valence-corrected chi connectivity index (χ0v) is 9.67. The number of carbonyl (C=O) groups is 2. The van der Waals surface area contributed by atoms with Gasteiger partial charge in [0.15, 0.2) is 5.82 Å². The van der Waals surface area contributed by atoms with Crippen LogP contribution in [0, 0.1) is 11.7 Å². The fourth-order valence-electron chi connectivity index (χ4n) is 2.08. The molecule has 1 saturated heterocycles. The van der Waals surface area contributed by atoms with Gasteiger partial charge in [0.05, 0.1) is 17.7 Å². The molecule has 1 aromatic rings. The second kappa shape index (κ2) is 5.12. The summed E-state index contributed by atoms with van der Waals surface area (Å²) in [7, 11) is 0. The third-order valence-electron chi connectivity index (χ3n) is 3.06. The maximum Gasteiger partial charge on any atom is 0.308 e. The number of piperidine rings is 1. The van der Waals surface area contributed by atoms with Crippen molar-refractivity contribution in [3.63, 3.8) is 0 Å². The summed E-state index contributed by atoms with van der Waals surface area (Å²) in [4.78, 5) is 27.9. The Morgan fingerprint density at radius 2 is 2.28 bits per heavy atom. The lowest BCUT2D eigenvalue weighted by atomic mass is 9.98. The van der Waals surface area contributed by atoms with E-state index >= 15 is 0 Å². The summed E-state index contributed by atoms with van der Waals surface area (Å²) in [5.74, 6) is -2.63. The molecule has 1 amide bonds. The Morgan fingerprint density at radius 1 is 1.50 bits per heavy atom. The number of hydrogen-bond donors (Lipinski definition) is 1. The number of carboxylic acids is 1. The third kappa shape index (κ3) is 2.47. The van der Waals surface area contributed by atoms with E-state index in [-0.39, 0.29) is 12.1 Å². The van der Waals surface area contributed by atoms with E-state index in [0.717, 1.165) is 6.20 Å². The smallest absolute Gasteiger partial charge is 0.308 e. The third-order valence-corrected chi connectivity index (χ3v) is 3.06. The number of pyridine rings is 1. The number of halogens is 1. The van der Waals surface area contributed by atoms with E-state index in [1.165, 1.54) is 17.2 Å². The van der Waals surface area contributed by atoms with E-state index in [1.54, 1.807) is 0 Å². The minimum Gasteiger partial charge on any atom is -0.481 e. The Morgan fingerprint density at radius 3 is 2.94 bits per heavy atom. The molecule has 0 saturated carbocycles. The van der Waals surface area contributed by atoms with Gasteiger partial charge in [-0.3, -0.25) is 14.6 Å². The predicted octanol–water partition coefficient (Wildman–Crippen LogP) is 1.16. The number of carboxylic acid groups (broad SMARTS) is 1. The Kier molecular flexibility index (Phi) is 3.55. The first-order chi connectivity index (χ1) is 8.59. The summed E-state index contributed by atoms with van der Waals surface area (Å²) in [6.45, 7) is 0.598. The second-order valence-corrected chi connectivity index (χ2v) is 4.28. The standard InChI is InChI=1S/C12H13FN2O3/c13-10-6-14-4-3-9(10)11(16)15-5-1-2-8(7-15)12(17)18/h3-4,6,8H,1-2,5,7H2,(H,17,18)/t8-/m1/s1. The highest BCUT2D eigenvalue weighted by atomic mass is 19.1. The number of hydrogen-bond acceptors (Lipinski definition) is 3. The van der Waals surface area contributed by atoms with Gasteiger partial charge in [-0.1, -0.05) is 0 Å². The van der Waals surface area contributed by atoms with E-state index in [2.05, 4.69) is 4.98 Å². The number of likely N-dealkylation sites (tertiary alicyclic amines) is 1. The highest BCUT2D eigenvalue weighted by Crippen LogP contribution is 2.19. The van der Waals surface area contributed by atoms with Crippen molar-refractivity contribution in [2.24, 2.45) is 5.92 Å². The number of carbonyl (C=O) groups excluding carboxylic acids is 1. The van der Waals surface area contributed by atoms with Gasteiger partial charge in [0.25, 0.3) is 5.91 Å². The minimum absolute atomic E-state index is 0.0592. The number of rotatable bonds is 2. The number of aliphatic carboxylic acids is 1. The largest absolute Gasteiger partial charge is 0.481 e. The number of amides is 1. The normalized spacial score (nSPS) is 19.6. The second-order valence-electron chi connectivity index (χ2n) is 4.28. The molecule has 2 heterocycles. The fraction of sp³-hybridized carbons (Fsp3) is 0.417. The molecule has 5 nitrogen and oxygen atoms in total. The molecule has 0 spiro atoms. The molecule has 1 aliphatic heterocycles. The van der Waals surface area contributed by atoms with Crippen LogP contribution in [0.3, 0.4) is 0 Å². The summed E-state index contributed by atoms with van der Waals surface area (Å²) in [5, 5.41) is 8.94. The van der Waals surface area contributed by atoms with Crippen LogP contribution < -0.4 is 0 Å². The van der Waals surface area contributed by atoms with Crippen LogP contribution in [0.4, 0.5) is 4.39 Å². The molecule has 2 rings (SSSR count). The summed E-state index contributed by atoms with van der Waals surface area (Å²) in [6.07, 6.45) is 3.49. The monoisotopic (exact) mass is 252 g/mol. The van der Waals surface area contributed by atoms with Crippen LogP contribution in [0.1, 0.15) is 23.2 Å². The topological polar surface area (TPSA) is 70.5 Å². The molecule has 6 heteroatoms. The molecule has 1 aliphatic rings. The zero-order valence-electron chi connectivity index (χ0n) is 9.67. The molecule has 0 unspecified atom stereocenters. The van der Waals surface area contributed by atoms with Gasteiger partial charge in [-0.05, 0) is 18.9 Å². The van der Waals surface area contributed by atoms with Gasteiger partial charge < -0.3 is 10.0 Å². The summed E-state index contributed by atoms with van der Waals surface area (Å²) >= 11 is 0. The van der Waals surface area contributed by atoms with Crippen molar-refractivity contribution in [3.05, 3.63) is 29.8 Å². The molecule has 1 aromatic heterocycles. The lowest BCUT2D eigenvalue weighted by Crippen LogP contribution is -2.42. The average molecular weight is 252 g/mol. The first kappa shape index (κ1) is 12.5. The number of nitrogens with zero attached hydrogens (tertiary/aromatic N) is 2. The average Bonchev–Trinajstić information content (AvgIpc) is 2.38. The first-order valence-electron chi connectivity index (χ1n) is 5.71. The number of aromatic nitrogens is 1. The highest BCUT2D eigenvalue weighted by Gasteiger charge is 2.29. The van der Waals surface area contributed by atoms with Gasteiger partial charge in [-0.15, -0.1) is 0 Å². The van der Waals surface area contributed by atoms with Crippen molar-refractivity contribution in [1.29, 1.82) is 0 Å². The van der Waals surface area contributed by atoms with Gasteiger partial charge in [-0.2, -0.15) is 0 Å². The van der Waals surface area contributed by atoms with E-state index < -0.39 is 23.6 Å². The van der Waals surface area contributed by atoms with Gasteiger partial charge in [-0.25, -0.2) is 4.39 Å². The molecule has 0 radical (unpaired) electrons. The summed E-state index contributed by atoms with van der Waals surface area (Å²) in [5.41, 5.74) is -0.0592. The van der Waals surface area contributed by atoms with Gasteiger partial charge >= 0.3 is 5.97 Å². The van der Waals surface area contributed by atoms with Crippen LogP contribution in [-0.4, -0.2) is 40.0 Å². The zero-order chi connectivity index (χ0) is 13.1. The van der Waals surface area contributed by atoms with Gasteiger partial charge in [0, 0.05) is 19.3 Å². The molecule has 1 fully saturated rings. The first-order valence-corrected chi connectivity index (χ1v) is 5.71. The van der Waals surface area contributed by atoms with Crippen LogP contribution in [0.15, 0.2) is 18.5 Å². The van der Waals surface area contributed by atoms with Crippen LogP contribution in [0.5, 0.6) is 0 Å². The highest BCUT2D eigenvalue weighted by molar-refractivity contribution is 5.94. The van der Waals surface area contributed by atoms with E-state index in [1.807, 2.05) is 0 Å². The predicted molar refractivity (Wildman–Crippen MR) is 60.5 cm³/mol. The SMILES string of the molecule is O=C(O)[C@@H]1CCCN(C(=O)c2ccncc2F)C1. The van der Waals surface area contributed by atoms with Gasteiger partial charge in [0.1, 0.15) is 0 Å². The molecular weight excluding hydrogens is 239 g/mol. The summed E-state index contributed by atoms with van der Waals surface area (Å²) < 4.78 is 13.4. The van der Waals surface area contributed by atoms with Crippen molar-refractivity contribution < 1.29 is 19.1 Å². The summed E-state index contributed by atoms with van der Waals surface area (Å²) in [6, 6.07) is 1.31. The van der Waals surface area contributed by atoms with E-state index in [4.69, 9.17) is 5.11 Å². The molecule has 96 valence electrons. The molecule has 18 heavy (non-hydrogen) atoms. The molecule has 1 atom stereocenters. The Labute approximate surface area is 103 Å². The Hall–Kier alpha value is -1.98. The quantitative estimate of drug-likeness (QED) is 0.857. The van der Waals surface area contributed by atoms with Crippen molar-refractivity contribution in [3.8, 4) is 0 Å². The molecule has 0 bridgehead atoms. The maximum atomic E-state index is 13.4. The van der Waals surface area contributed by atoms with Crippen LogP contribution in [0.25, 0.3) is 0 Å². The van der Waals surface area contributed by atoms with Gasteiger partial charge in [0.2, 0.25) is 0 Å². The molecule has 1 N–H and O–H groups in total. The fourth-order valence-corrected chi connectivity index (χ4v) is 2.08. The van der Waals surface area contributed by atoms with E-state index in [9.17, 15) is 14.0 Å². The van der Waals surface area contributed by atoms with Crippen LogP contribution in [0.2, 0.25) is 0 Å². The Bertz CT molecular complexity index is 478. The molecule has 0 aromatic carbocycles. The van der Waals surface area contributed by atoms with Crippen LogP contribution in [-0.2, 0) is 4.79 Å². The lowest BCUT2D eigenvalue weighted by Gasteiger charge is -2.30. The van der Waals surface area contributed by atoms with E-state index in [0.29, 0.717) is 19.4 Å². The van der Waals surface area contributed by atoms with Crippen molar-refractivity contribution in [2.45, 2.75) is 12.8 Å². The lowest BCUT2D eigenvalue weighted by molar-refractivity contribution is -0.143. The maximum absolute atomic E-state index is 13.4. The molecular formula is C12H13FN2O3. The van der Waals surface area contributed by atoms with Crippen LogP contribution >= 0.6 is 0 Å².